The molecule has 1 unspecified atom stereocenters. The van der Waals surface area contributed by atoms with Gasteiger partial charge < -0.3 is 19.7 Å². The number of benzene rings is 2. The maximum absolute atomic E-state index is 10.3. The predicted octanol–water partition coefficient (Wildman–Crippen LogP) is 2.60. The normalized spacial score (nSPS) is 12.7. The molecule has 26 heavy (non-hydrogen) atoms. The molecule has 7 heteroatoms. The molecule has 0 radical (unpaired) electrons. The van der Waals surface area contributed by atoms with E-state index in [0.29, 0.717) is 11.4 Å². The quantitative estimate of drug-likeness (QED) is 0.676. The van der Waals surface area contributed by atoms with Crippen molar-refractivity contribution in [2.45, 2.75) is 33.0 Å². The molecular formula is C19H23N3O4. The summed E-state index contributed by atoms with van der Waals surface area (Å²) in [5.74, 6) is 0.440. The van der Waals surface area contributed by atoms with E-state index >= 15 is 0 Å². The molecule has 138 valence electrons. The zero-order valence-electron chi connectivity index (χ0n) is 15.1. The summed E-state index contributed by atoms with van der Waals surface area (Å²) in [5, 5.41) is 28.9. The van der Waals surface area contributed by atoms with Crippen LogP contribution in [0.3, 0.4) is 0 Å². The highest BCUT2D eigenvalue weighted by Gasteiger charge is 2.12. The Morgan fingerprint density at radius 3 is 2.54 bits per heavy atom. The zero-order valence-corrected chi connectivity index (χ0v) is 15.1. The lowest BCUT2D eigenvalue weighted by Crippen LogP contribution is -2.25. The van der Waals surface area contributed by atoms with Crippen molar-refractivity contribution in [3.05, 3.63) is 42.0 Å². The summed E-state index contributed by atoms with van der Waals surface area (Å²) in [6.45, 7) is 6.07. The highest BCUT2D eigenvalue weighted by atomic mass is 16.5. The standard InChI is InChI=1S/C19H23N3O4/c1-12(2)25-10-14(23)11-26-15-5-7-18(19(24)9-15)22-20-16-6-4-13(3)8-17(16)21-22/h4-9,12,14,23-24H,10-11H2,1-3H3. The molecule has 7 nitrogen and oxygen atoms in total. The van der Waals surface area contributed by atoms with Gasteiger partial charge in [0.25, 0.3) is 0 Å². The maximum atomic E-state index is 10.3. The minimum atomic E-state index is -0.736. The van der Waals surface area contributed by atoms with Crippen LogP contribution in [0, 0.1) is 6.92 Å². The predicted molar refractivity (Wildman–Crippen MR) is 97.9 cm³/mol. The molecule has 1 aromatic heterocycles. The number of rotatable bonds is 7. The Kier molecular flexibility index (Phi) is 5.39. The number of aliphatic hydroxyl groups is 1. The maximum Gasteiger partial charge on any atom is 0.146 e. The second-order valence-electron chi connectivity index (χ2n) is 6.48. The number of phenolic OH excluding ortho intramolecular Hbond substituents is 1. The third kappa shape index (κ3) is 4.30. The number of aliphatic hydroxyl groups excluding tert-OH is 1. The monoisotopic (exact) mass is 357 g/mol. The molecule has 2 aromatic carbocycles. The van der Waals surface area contributed by atoms with Crippen LogP contribution in [0.5, 0.6) is 11.5 Å². The lowest BCUT2D eigenvalue weighted by Gasteiger charge is -2.15. The lowest BCUT2D eigenvalue weighted by atomic mass is 10.2. The fourth-order valence-electron chi connectivity index (χ4n) is 2.44. The number of nitrogens with zero attached hydrogens (tertiary/aromatic N) is 3. The average Bonchev–Trinajstić information content (AvgIpc) is 3.00. The first-order valence-corrected chi connectivity index (χ1v) is 8.52. The summed E-state index contributed by atoms with van der Waals surface area (Å²) in [5.41, 5.74) is 3.06. The van der Waals surface area contributed by atoms with Gasteiger partial charge in [0, 0.05) is 6.07 Å². The van der Waals surface area contributed by atoms with Crippen LogP contribution in [-0.4, -0.2) is 50.6 Å². The Labute approximate surface area is 151 Å². The lowest BCUT2D eigenvalue weighted by molar-refractivity contribution is -0.0123. The Hall–Kier alpha value is -2.64. The van der Waals surface area contributed by atoms with Crippen LogP contribution in [0.1, 0.15) is 19.4 Å². The number of aromatic hydroxyl groups is 1. The van der Waals surface area contributed by atoms with Gasteiger partial charge in [-0.2, -0.15) is 0 Å². The van der Waals surface area contributed by atoms with Crippen molar-refractivity contribution in [1.82, 2.24) is 15.0 Å². The first-order valence-electron chi connectivity index (χ1n) is 8.52. The third-order valence-electron chi connectivity index (χ3n) is 3.76. The molecule has 1 heterocycles. The first-order chi connectivity index (χ1) is 12.4. The van der Waals surface area contributed by atoms with Crippen molar-refractivity contribution in [3.8, 4) is 17.2 Å². The number of fused-ring (bicyclic) bond motifs is 1. The largest absolute Gasteiger partial charge is 0.505 e. The van der Waals surface area contributed by atoms with Gasteiger partial charge in [0.15, 0.2) is 0 Å². The van der Waals surface area contributed by atoms with Gasteiger partial charge in [0.2, 0.25) is 0 Å². The molecule has 0 saturated carbocycles. The molecule has 0 aliphatic rings. The summed E-state index contributed by atoms with van der Waals surface area (Å²) < 4.78 is 10.8. The van der Waals surface area contributed by atoms with E-state index in [2.05, 4.69) is 10.2 Å². The van der Waals surface area contributed by atoms with Gasteiger partial charge in [-0.05, 0) is 50.6 Å². The highest BCUT2D eigenvalue weighted by Crippen LogP contribution is 2.27. The molecule has 0 aliphatic carbocycles. The van der Waals surface area contributed by atoms with E-state index in [9.17, 15) is 10.2 Å². The fraction of sp³-hybridized carbons (Fsp3) is 0.368. The molecule has 0 aliphatic heterocycles. The van der Waals surface area contributed by atoms with E-state index < -0.39 is 6.10 Å². The van der Waals surface area contributed by atoms with Gasteiger partial charge >= 0.3 is 0 Å². The second-order valence-corrected chi connectivity index (χ2v) is 6.48. The van der Waals surface area contributed by atoms with E-state index in [-0.39, 0.29) is 25.1 Å². The molecule has 3 aromatic rings. The smallest absolute Gasteiger partial charge is 0.146 e. The Morgan fingerprint density at radius 1 is 1.04 bits per heavy atom. The highest BCUT2D eigenvalue weighted by molar-refractivity contribution is 5.74. The van der Waals surface area contributed by atoms with Crippen molar-refractivity contribution in [2.24, 2.45) is 0 Å². The second kappa shape index (κ2) is 7.72. The zero-order chi connectivity index (χ0) is 18.7. The molecule has 2 N–H and O–H groups in total. The summed E-state index contributed by atoms with van der Waals surface area (Å²) >= 11 is 0. The van der Waals surface area contributed by atoms with Crippen molar-refractivity contribution < 1.29 is 19.7 Å². The molecular weight excluding hydrogens is 334 g/mol. The minimum Gasteiger partial charge on any atom is -0.505 e. The number of aromatic nitrogens is 3. The van der Waals surface area contributed by atoms with E-state index in [1.807, 2.05) is 39.0 Å². The number of ether oxygens (including phenoxy) is 2. The van der Waals surface area contributed by atoms with Crippen molar-refractivity contribution in [3.63, 3.8) is 0 Å². The van der Waals surface area contributed by atoms with Gasteiger partial charge in [-0.25, -0.2) is 0 Å². The molecule has 0 fully saturated rings. The van der Waals surface area contributed by atoms with E-state index in [4.69, 9.17) is 9.47 Å². The van der Waals surface area contributed by atoms with Gasteiger partial charge in [0.1, 0.15) is 40.9 Å². The van der Waals surface area contributed by atoms with Gasteiger partial charge in [0.05, 0.1) is 12.7 Å². The van der Waals surface area contributed by atoms with Gasteiger partial charge in [-0.1, -0.05) is 6.07 Å². The Balaban J connectivity index is 1.70. The van der Waals surface area contributed by atoms with Crippen LogP contribution in [-0.2, 0) is 4.74 Å². The SMILES string of the molecule is Cc1ccc2nn(-c3ccc(OCC(O)COC(C)C)cc3O)nc2c1. The van der Waals surface area contributed by atoms with Gasteiger partial charge in [-0.15, -0.1) is 15.0 Å². The van der Waals surface area contributed by atoms with Crippen LogP contribution in [0.25, 0.3) is 16.7 Å². The summed E-state index contributed by atoms with van der Waals surface area (Å²) in [7, 11) is 0. The van der Waals surface area contributed by atoms with Crippen LogP contribution < -0.4 is 4.74 Å². The topological polar surface area (TPSA) is 89.6 Å². The first kappa shape index (κ1) is 18.2. The van der Waals surface area contributed by atoms with Crippen LogP contribution in [0.2, 0.25) is 0 Å². The molecule has 0 saturated heterocycles. The average molecular weight is 357 g/mol. The van der Waals surface area contributed by atoms with Crippen molar-refractivity contribution >= 4 is 11.0 Å². The third-order valence-corrected chi connectivity index (χ3v) is 3.76. The molecule has 0 spiro atoms. The van der Waals surface area contributed by atoms with E-state index in [1.54, 1.807) is 12.1 Å². The van der Waals surface area contributed by atoms with Crippen LogP contribution in [0.4, 0.5) is 0 Å². The molecule has 0 bridgehead atoms. The summed E-state index contributed by atoms with van der Waals surface area (Å²) in [4.78, 5) is 1.40. The van der Waals surface area contributed by atoms with E-state index in [0.717, 1.165) is 16.6 Å². The number of hydrogen-bond acceptors (Lipinski definition) is 6. The Morgan fingerprint density at radius 2 is 1.81 bits per heavy atom. The fourth-order valence-corrected chi connectivity index (χ4v) is 2.44. The van der Waals surface area contributed by atoms with Crippen molar-refractivity contribution in [2.75, 3.05) is 13.2 Å². The summed E-state index contributed by atoms with van der Waals surface area (Å²) in [6.07, 6.45) is -0.686. The van der Waals surface area contributed by atoms with Crippen LogP contribution in [0.15, 0.2) is 36.4 Å². The number of hydrogen-bond donors (Lipinski definition) is 2. The summed E-state index contributed by atoms with van der Waals surface area (Å²) in [6, 6.07) is 10.6. The molecule has 3 rings (SSSR count). The minimum absolute atomic E-state index is 0.00699. The van der Waals surface area contributed by atoms with Crippen molar-refractivity contribution in [1.29, 1.82) is 0 Å². The van der Waals surface area contributed by atoms with E-state index in [1.165, 1.54) is 10.9 Å². The van der Waals surface area contributed by atoms with Gasteiger partial charge in [-0.3, -0.25) is 0 Å². The molecule has 0 amide bonds. The Bertz CT molecular complexity index is 892. The number of aryl methyl sites for hydroxylation is 1. The number of phenols is 1. The molecule has 1 atom stereocenters. The van der Waals surface area contributed by atoms with Crippen LogP contribution >= 0.6 is 0 Å².